The van der Waals surface area contributed by atoms with Crippen molar-refractivity contribution in [3.8, 4) is 5.88 Å². The first-order chi connectivity index (χ1) is 11.1. The SMILES string of the molecule is COc1ncc(C(=O)N[C@H]2CCO[C@@H]2c2cnn(C)c2)cc1Cl. The van der Waals surface area contributed by atoms with Crippen molar-refractivity contribution in [2.45, 2.75) is 18.6 Å². The van der Waals surface area contributed by atoms with Crippen molar-refractivity contribution in [3.63, 3.8) is 0 Å². The Morgan fingerprint density at radius 2 is 2.35 bits per heavy atom. The molecular formula is C15H17ClN4O3. The van der Waals surface area contributed by atoms with Gasteiger partial charge in [-0.3, -0.25) is 9.48 Å². The van der Waals surface area contributed by atoms with E-state index < -0.39 is 0 Å². The molecule has 1 aliphatic heterocycles. The number of pyridine rings is 1. The van der Waals surface area contributed by atoms with Crippen molar-refractivity contribution in [3.05, 3.63) is 40.8 Å². The molecule has 23 heavy (non-hydrogen) atoms. The Labute approximate surface area is 138 Å². The van der Waals surface area contributed by atoms with Crippen LogP contribution in [0.25, 0.3) is 0 Å². The van der Waals surface area contributed by atoms with Gasteiger partial charge in [-0.1, -0.05) is 11.6 Å². The van der Waals surface area contributed by atoms with Gasteiger partial charge in [-0.2, -0.15) is 5.10 Å². The van der Waals surface area contributed by atoms with Crippen LogP contribution < -0.4 is 10.1 Å². The van der Waals surface area contributed by atoms with Crippen LogP contribution in [0.15, 0.2) is 24.7 Å². The van der Waals surface area contributed by atoms with Crippen molar-refractivity contribution in [1.82, 2.24) is 20.1 Å². The van der Waals surface area contributed by atoms with Gasteiger partial charge in [0, 0.05) is 31.6 Å². The van der Waals surface area contributed by atoms with E-state index in [4.69, 9.17) is 21.1 Å². The second kappa shape index (κ2) is 6.55. The number of carbonyl (C=O) groups excluding carboxylic acids is 1. The molecule has 122 valence electrons. The Balaban J connectivity index is 1.73. The van der Waals surface area contributed by atoms with Crippen LogP contribution in [0, 0.1) is 0 Å². The number of ether oxygens (including phenoxy) is 2. The molecular weight excluding hydrogens is 320 g/mol. The van der Waals surface area contributed by atoms with Gasteiger partial charge < -0.3 is 14.8 Å². The van der Waals surface area contributed by atoms with Gasteiger partial charge in [-0.15, -0.1) is 0 Å². The third-order valence-electron chi connectivity index (χ3n) is 3.72. The minimum absolute atomic E-state index is 0.118. The number of rotatable bonds is 4. The molecule has 0 saturated carbocycles. The van der Waals surface area contributed by atoms with Gasteiger partial charge in [0.05, 0.1) is 24.9 Å². The molecule has 0 aliphatic carbocycles. The molecule has 3 rings (SSSR count). The number of nitrogens with zero attached hydrogens (tertiary/aromatic N) is 3. The number of nitrogens with one attached hydrogen (secondary N) is 1. The van der Waals surface area contributed by atoms with Gasteiger partial charge in [0.15, 0.2) is 0 Å². The van der Waals surface area contributed by atoms with E-state index in [1.54, 1.807) is 10.9 Å². The van der Waals surface area contributed by atoms with Crippen molar-refractivity contribution >= 4 is 17.5 Å². The van der Waals surface area contributed by atoms with Crippen molar-refractivity contribution in [2.24, 2.45) is 7.05 Å². The molecule has 0 radical (unpaired) electrons. The number of methoxy groups -OCH3 is 1. The Hall–Kier alpha value is -2.12. The average Bonchev–Trinajstić information content (AvgIpc) is 3.15. The molecule has 1 amide bonds. The van der Waals surface area contributed by atoms with E-state index in [1.165, 1.54) is 19.4 Å². The van der Waals surface area contributed by atoms with Crippen molar-refractivity contribution < 1.29 is 14.3 Å². The van der Waals surface area contributed by atoms with Crippen LogP contribution in [-0.2, 0) is 11.8 Å². The van der Waals surface area contributed by atoms with Crippen LogP contribution in [0.1, 0.15) is 28.4 Å². The van der Waals surface area contributed by atoms with Crippen LogP contribution in [0.4, 0.5) is 0 Å². The Morgan fingerprint density at radius 1 is 1.52 bits per heavy atom. The lowest BCUT2D eigenvalue weighted by molar-refractivity contribution is 0.0821. The molecule has 1 saturated heterocycles. The highest BCUT2D eigenvalue weighted by molar-refractivity contribution is 6.32. The second-order valence-electron chi connectivity index (χ2n) is 5.32. The molecule has 0 bridgehead atoms. The predicted octanol–water partition coefficient (Wildman–Crippen LogP) is 1.74. The summed E-state index contributed by atoms with van der Waals surface area (Å²) in [4.78, 5) is 16.4. The summed E-state index contributed by atoms with van der Waals surface area (Å²) in [5.74, 6) is 0.0482. The average molecular weight is 337 g/mol. The summed E-state index contributed by atoms with van der Waals surface area (Å²) in [6.45, 7) is 0.589. The van der Waals surface area contributed by atoms with Gasteiger partial charge in [-0.25, -0.2) is 4.98 Å². The summed E-state index contributed by atoms with van der Waals surface area (Å²) < 4.78 is 12.4. The molecule has 2 atom stereocenters. The van der Waals surface area contributed by atoms with Gasteiger partial charge in [0.2, 0.25) is 5.88 Å². The first-order valence-corrected chi connectivity index (χ1v) is 7.57. The van der Waals surface area contributed by atoms with Crippen LogP contribution in [0.5, 0.6) is 5.88 Å². The molecule has 0 unspecified atom stereocenters. The highest BCUT2D eigenvalue weighted by Crippen LogP contribution is 2.29. The topological polar surface area (TPSA) is 78.3 Å². The number of amides is 1. The smallest absolute Gasteiger partial charge is 0.253 e. The van der Waals surface area contributed by atoms with Crippen LogP contribution in [0.2, 0.25) is 5.02 Å². The lowest BCUT2D eigenvalue weighted by Crippen LogP contribution is -2.36. The number of carbonyl (C=O) groups is 1. The second-order valence-corrected chi connectivity index (χ2v) is 5.73. The summed E-state index contributed by atoms with van der Waals surface area (Å²) in [7, 11) is 3.32. The number of hydrogen-bond acceptors (Lipinski definition) is 5. The zero-order valence-corrected chi connectivity index (χ0v) is 13.6. The molecule has 1 N–H and O–H groups in total. The zero-order chi connectivity index (χ0) is 16.4. The minimum Gasteiger partial charge on any atom is -0.480 e. The lowest BCUT2D eigenvalue weighted by Gasteiger charge is -2.18. The third-order valence-corrected chi connectivity index (χ3v) is 4.00. The molecule has 0 spiro atoms. The van der Waals surface area contributed by atoms with E-state index in [-0.39, 0.29) is 18.1 Å². The Kier molecular flexibility index (Phi) is 4.49. The molecule has 3 heterocycles. The molecule has 2 aromatic heterocycles. The summed E-state index contributed by atoms with van der Waals surface area (Å²) in [5, 5.41) is 7.42. The molecule has 2 aromatic rings. The normalized spacial score (nSPS) is 20.5. The molecule has 1 fully saturated rings. The highest BCUT2D eigenvalue weighted by atomic mass is 35.5. The first-order valence-electron chi connectivity index (χ1n) is 7.19. The maximum atomic E-state index is 12.4. The number of aromatic nitrogens is 3. The standard InChI is InChI=1S/C15H17ClN4O3/c1-20-8-10(7-18-20)13-12(3-4-23-13)19-14(21)9-5-11(16)15(22-2)17-6-9/h5-8,12-13H,3-4H2,1-2H3,(H,19,21)/t12-,13+/m0/s1. The third kappa shape index (κ3) is 3.30. The van der Waals surface area contributed by atoms with Crippen LogP contribution in [-0.4, -0.2) is 40.4 Å². The van der Waals surface area contributed by atoms with E-state index in [1.807, 2.05) is 13.2 Å². The Morgan fingerprint density at radius 3 is 3.00 bits per heavy atom. The fraction of sp³-hybridized carbons (Fsp3) is 0.400. The van der Waals surface area contributed by atoms with E-state index >= 15 is 0 Å². The molecule has 0 aromatic carbocycles. The molecule has 8 heteroatoms. The quantitative estimate of drug-likeness (QED) is 0.920. The fourth-order valence-corrected chi connectivity index (χ4v) is 2.85. The van der Waals surface area contributed by atoms with Crippen molar-refractivity contribution in [2.75, 3.05) is 13.7 Å². The van der Waals surface area contributed by atoms with E-state index in [9.17, 15) is 4.79 Å². The molecule has 7 nitrogen and oxygen atoms in total. The minimum atomic E-state index is -0.244. The lowest BCUT2D eigenvalue weighted by atomic mass is 10.1. The maximum Gasteiger partial charge on any atom is 0.253 e. The summed E-state index contributed by atoms with van der Waals surface area (Å²) in [6, 6.07) is 1.42. The largest absolute Gasteiger partial charge is 0.480 e. The Bertz CT molecular complexity index is 718. The monoisotopic (exact) mass is 336 g/mol. The van der Waals surface area contributed by atoms with Crippen molar-refractivity contribution in [1.29, 1.82) is 0 Å². The fourth-order valence-electron chi connectivity index (χ4n) is 2.60. The van der Waals surface area contributed by atoms with E-state index in [2.05, 4.69) is 15.4 Å². The number of hydrogen-bond donors (Lipinski definition) is 1. The van der Waals surface area contributed by atoms with Gasteiger partial charge in [0.25, 0.3) is 5.91 Å². The predicted molar refractivity (Wildman–Crippen MR) is 83.6 cm³/mol. The van der Waals surface area contributed by atoms with E-state index in [0.29, 0.717) is 23.1 Å². The first kappa shape index (κ1) is 15.8. The summed E-state index contributed by atoms with van der Waals surface area (Å²) >= 11 is 6.01. The van der Waals surface area contributed by atoms with E-state index in [0.717, 1.165) is 12.0 Å². The number of halogens is 1. The highest BCUT2D eigenvalue weighted by Gasteiger charge is 2.32. The van der Waals surface area contributed by atoms with Crippen LogP contribution >= 0.6 is 11.6 Å². The van der Waals surface area contributed by atoms with Gasteiger partial charge >= 0.3 is 0 Å². The summed E-state index contributed by atoms with van der Waals surface area (Å²) in [5.41, 5.74) is 1.33. The molecule has 1 aliphatic rings. The maximum absolute atomic E-state index is 12.4. The number of aryl methyl sites for hydroxylation is 1. The van der Waals surface area contributed by atoms with Gasteiger partial charge in [0.1, 0.15) is 11.1 Å². The van der Waals surface area contributed by atoms with Crippen LogP contribution in [0.3, 0.4) is 0 Å². The zero-order valence-electron chi connectivity index (χ0n) is 12.8. The summed E-state index contributed by atoms with van der Waals surface area (Å²) in [6.07, 6.45) is 5.62. The van der Waals surface area contributed by atoms with Gasteiger partial charge in [-0.05, 0) is 12.5 Å².